The van der Waals surface area contributed by atoms with E-state index in [0.717, 1.165) is 0 Å². The predicted molar refractivity (Wildman–Crippen MR) is 62.8 cm³/mol. The summed E-state index contributed by atoms with van der Waals surface area (Å²) in [7, 11) is 0. The predicted octanol–water partition coefficient (Wildman–Crippen LogP) is 2.54. The molecule has 0 saturated heterocycles. The summed E-state index contributed by atoms with van der Waals surface area (Å²) >= 11 is 0. The van der Waals surface area contributed by atoms with E-state index in [1.165, 1.54) is 6.07 Å². The summed E-state index contributed by atoms with van der Waals surface area (Å²) in [5, 5.41) is 19.5. The number of ether oxygens (including phenoxy) is 1. The minimum absolute atomic E-state index is 0.0607. The van der Waals surface area contributed by atoms with E-state index in [2.05, 4.69) is 0 Å². The van der Waals surface area contributed by atoms with E-state index in [1.807, 2.05) is 13.8 Å². The summed E-state index contributed by atoms with van der Waals surface area (Å²) in [4.78, 5) is 12.0. The summed E-state index contributed by atoms with van der Waals surface area (Å²) in [6.07, 6.45) is 0.932. The Morgan fingerprint density at radius 3 is 2.71 bits per heavy atom. The van der Waals surface area contributed by atoms with Crippen LogP contribution < -0.4 is 4.74 Å². The lowest BCUT2D eigenvalue weighted by Gasteiger charge is -2.34. The Labute approximate surface area is 99.8 Å². The van der Waals surface area contributed by atoms with Gasteiger partial charge in [0.1, 0.15) is 28.4 Å². The summed E-state index contributed by atoms with van der Waals surface area (Å²) in [5.74, 6) is -0.111. The molecule has 1 unspecified atom stereocenters. The summed E-state index contributed by atoms with van der Waals surface area (Å²) in [6, 6.07) is 1.40. The van der Waals surface area contributed by atoms with Gasteiger partial charge < -0.3 is 14.9 Å². The molecule has 0 bridgehead atoms. The lowest BCUT2D eigenvalue weighted by molar-refractivity contribution is 0.0492. The largest absolute Gasteiger partial charge is 0.507 e. The van der Waals surface area contributed by atoms with Gasteiger partial charge in [-0.05, 0) is 20.3 Å². The van der Waals surface area contributed by atoms with E-state index in [0.29, 0.717) is 12.0 Å². The lowest BCUT2D eigenvalue weighted by atomic mass is 9.88. The van der Waals surface area contributed by atoms with Gasteiger partial charge in [0, 0.05) is 11.6 Å². The fraction of sp³-hybridized carbons (Fsp3) is 0.462. The Hall–Kier alpha value is -1.71. The van der Waals surface area contributed by atoms with Crippen LogP contribution in [0, 0.1) is 6.92 Å². The van der Waals surface area contributed by atoms with Crippen molar-refractivity contribution in [3.63, 3.8) is 0 Å². The third-order valence-corrected chi connectivity index (χ3v) is 3.41. The van der Waals surface area contributed by atoms with Crippen LogP contribution in [0.5, 0.6) is 17.2 Å². The molecule has 4 nitrogen and oxygen atoms in total. The van der Waals surface area contributed by atoms with Crippen LogP contribution in [0.1, 0.15) is 42.6 Å². The molecule has 2 N–H and O–H groups in total. The van der Waals surface area contributed by atoms with Gasteiger partial charge >= 0.3 is 0 Å². The number of hydrogen-bond donors (Lipinski definition) is 2. The minimum Gasteiger partial charge on any atom is -0.507 e. The number of benzene rings is 1. The first-order valence-electron chi connectivity index (χ1n) is 5.65. The van der Waals surface area contributed by atoms with Crippen LogP contribution in [0.15, 0.2) is 6.07 Å². The molecule has 2 rings (SSSR count). The molecule has 1 aliphatic rings. The van der Waals surface area contributed by atoms with Crippen LogP contribution in [0.4, 0.5) is 0 Å². The zero-order valence-electron chi connectivity index (χ0n) is 10.2. The first-order valence-corrected chi connectivity index (χ1v) is 5.65. The highest BCUT2D eigenvalue weighted by atomic mass is 16.5. The van der Waals surface area contributed by atoms with Crippen molar-refractivity contribution in [2.24, 2.45) is 0 Å². The number of hydrogen-bond acceptors (Lipinski definition) is 4. The van der Waals surface area contributed by atoms with Crippen molar-refractivity contribution >= 4 is 5.78 Å². The molecular weight excluding hydrogens is 220 g/mol. The Balaban J connectivity index is 2.61. The van der Waals surface area contributed by atoms with Gasteiger partial charge in [0.15, 0.2) is 5.78 Å². The smallest absolute Gasteiger partial charge is 0.174 e. The van der Waals surface area contributed by atoms with Gasteiger partial charge in [0.05, 0.1) is 6.42 Å². The van der Waals surface area contributed by atoms with Crippen LogP contribution >= 0.6 is 0 Å². The molecule has 0 spiro atoms. The van der Waals surface area contributed by atoms with Crippen molar-refractivity contribution in [3.8, 4) is 17.2 Å². The van der Waals surface area contributed by atoms with Crippen LogP contribution in [0.25, 0.3) is 0 Å². The van der Waals surface area contributed by atoms with Crippen molar-refractivity contribution < 1.29 is 19.7 Å². The fourth-order valence-electron chi connectivity index (χ4n) is 2.01. The quantitative estimate of drug-likeness (QED) is 0.786. The van der Waals surface area contributed by atoms with Crippen molar-refractivity contribution in [3.05, 3.63) is 17.2 Å². The first-order chi connectivity index (χ1) is 7.88. The average molecular weight is 236 g/mol. The number of carbonyl (C=O) groups excluding carboxylic acids is 1. The highest BCUT2D eigenvalue weighted by molar-refractivity contribution is 6.03. The van der Waals surface area contributed by atoms with E-state index in [9.17, 15) is 15.0 Å². The van der Waals surface area contributed by atoms with E-state index < -0.39 is 5.60 Å². The van der Waals surface area contributed by atoms with Gasteiger partial charge in [-0.2, -0.15) is 0 Å². The van der Waals surface area contributed by atoms with Gasteiger partial charge in [0.2, 0.25) is 0 Å². The molecule has 0 radical (unpaired) electrons. The van der Waals surface area contributed by atoms with Crippen LogP contribution in [-0.4, -0.2) is 21.6 Å². The SMILES string of the molecule is CCC1(C)CC(=O)c2c(cc(O)c(C)c2O)O1. The molecule has 0 saturated carbocycles. The third-order valence-electron chi connectivity index (χ3n) is 3.41. The number of rotatable bonds is 1. The normalized spacial score (nSPS) is 23.1. The zero-order chi connectivity index (χ0) is 12.8. The number of aromatic hydroxyl groups is 2. The van der Waals surface area contributed by atoms with Crippen LogP contribution in [-0.2, 0) is 0 Å². The molecule has 1 aromatic carbocycles. The molecule has 1 aromatic rings. The number of phenols is 2. The van der Waals surface area contributed by atoms with Gasteiger partial charge in [-0.15, -0.1) is 0 Å². The van der Waals surface area contributed by atoms with Crippen LogP contribution in [0.2, 0.25) is 0 Å². The van der Waals surface area contributed by atoms with Crippen molar-refractivity contribution in [2.75, 3.05) is 0 Å². The minimum atomic E-state index is -0.557. The Kier molecular flexibility index (Phi) is 2.53. The molecule has 0 amide bonds. The number of fused-ring (bicyclic) bond motifs is 1. The molecule has 0 aromatic heterocycles. The average Bonchev–Trinajstić information content (AvgIpc) is 2.25. The maximum atomic E-state index is 12.0. The second-order valence-electron chi connectivity index (χ2n) is 4.75. The molecule has 0 aliphatic carbocycles. The van der Waals surface area contributed by atoms with Gasteiger partial charge in [0.25, 0.3) is 0 Å². The van der Waals surface area contributed by atoms with E-state index in [1.54, 1.807) is 6.92 Å². The maximum Gasteiger partial charge on any atom is 0.174 e. The molecule has 0 fully saturated rings. The molecular formula is C13H16O4. The second-order valence-corrected chi connectivity index (χ2v) is 4.75. The molecule has 17 heavy (non-hydrogen) atoms. The number of phenolic OH excluding ortho intramolecular Hbond substituents is 2. The second kappa shape index (κ2) is 3.65. The summed E-state index contributed by atoms with van der Waals surface area (Å²) < 4.78 is 5.71. The molecule has 4 heteroatoms. The van der Waals surface area contributed by atoms with Gasteiger partial charge in [-0.1, -0.05) is 6.92 Å². The molecule has 1 aliphatic heterocycles. The standard InChI is InChI=1S/C13H16O4/c1-4-13(3)6-9(15)11-10(17-13)5-8(14)7(2)12(11)16/h5,14,16H,4,6H2,1-3H3. The maximum absolute atomic E-state index is 12.0. The zero-order valence-corrected chi connectivity index (χ0v) is 10.2. The molecule has 92 valence electrons. The topological polar surface area (TPSA) is 66.8 Å². The number of Topliss-reactive ketones (excluding diaryl/α,β-unsaturated/α-hetero) is 1. The van der Waals surface area contributed by atoms with E-state index in [-0.39, 0.29) is 35.0 Å². The Bertz CT molecular complexity index is 493. The first kappa shape index (κ1) is 11.8. The van der Waals surface area contributed by atoms with Crippen molar-refractivity contribution in [1.82, 2.24) is 0 Å². The Morgan fingerprint density at radius 2 is 2.12 bits per heavy atom. The van der Waals surface area contributed by atoms with E-state index >= 15 is 0 Å². The molecule has 1 heterocycles. The van der Waals surface area contributed by atoms with E-state index in [4.69, 9.17) is 4.74 Å². The molecule has 1 atom stereocenters. The number of ketones is 1. The van der Waals surface area contributed by atoms with Crippen molar-refractivity contribution in [2.45, 2.75) is 39.2 Å². The van der Waals surface area contributed by atoms with Crippen molar-refractivity contribution in [1.29, 1.82) is 0 Å². The summed E-state index contributed by atoms with van der Waals surface area (Å²) in [6.45, 7) is 5.35. The van der Waals surface area contributed by atoms with Crippen LogP contribution in [0.3, 0.4) is 0 Å². The fourth-order valence-corrected chi connectivity index (χ4v) is 2.01. The highest BCUT2D eigenvalue weighted by Gasteiger charge is 2.37. The summed E-state index contributed by atoms with van der Waals surface area (Å²) in [5.41, 5.74) is -0.0647. The lowest BCUT2D eigenvalue weighted by Crippen LogP contribution is -2.38. The van der Waals surface area contributed by atoms with Gasteiger partial charge in [-0.3, -0.25) is 4.79 Å². The monoisotopic (exact) mass is 236 g/mol. The Morgan fingerprint density at radius 1 is 1.47 bits per heavy atom. The van der Waals surface area contributed by atoms with Gasteiger partial charge in [-0.25, -0.2) is 0 Å². The third kappa shape index (κ3) is 1.73. The number of carbonyl (C=O) groups is 1. The highest BCUT2D eigenvalue weighted by Crippen LogP contribution is 2.43.